The van der Waals surface area contributed by atoms with Gasteiger partial charge in [0.1, 0.15) is 0 Å². The van der Waals surface area contributed by atoms with E-state index in [1.54, 1.807) is 5.57 Å². The largest absolute Gasteiger partial charge is 0.417 e. The topological polar surface area (TPSA) is 27.7 Å². The van der Waals surface area contributed by atoms with Crippen molar-refractivity contribution >= 4 is 25.0 Å². The molecule has 196 valence electrons. The van der Waals surface area contributed by atoms with Gasteiger partial charge >= 0.3 is 0 Å². The van der Waals surface area contributed by atoms with Crippen LogP contribution >= 0.6 is 0 Å². The first-order valence-electron chi connectivity index (χ1n) is 14.2. The Labute approximate surface area is 214 Å². The molecule has 0 aromatic carbocycles. The van der Waals surface area contributed by atoms with E-state index < -0.39 is 25.0 Å². The van der Waals surface area contributed by atoms with Gasteiger partial charge in [0.05, 0.1) is 6.10 Å². The van der Waals surface area contributed by atoms with Gasteiger partial charge in [0.25, 0.3) is 0 Å². The Kier molecular flexibility index (Phi) is 7.41. The van der Waals surface area contributed by atoms with Gasteiger partial charge < -0.3 is 13.3 Å². The van der Waals surface area contributed by atoms with Crippen LogP contribution in [0.4, 0.5) is 0 Å². The maximum atomic E-state index is 6.83. The molecule has 0 N–H and O–H groups in total. The summed E-state index contributed by atoms with van der Waals surface area (Å²) in [5.41, 5.74) is 2.32. The summed E-state index contributed by atoms with van der Waals surface area (Å²) in [6, 6.07) is 0. The van der Waals surface area contributed by atoms with Gasteiger partial charge in [-0.15, -0.1) is 0 Å². The first-order valence-corrected chi connectivity index (χ1v) is 24.4. The Bertz CT molecular complexity index is 777. The molecule has 0 saturated heterocycles. The molecule has 0 radical (unpaired) electrons. The number of hydrogen-bond donors (Lipinski definition) is 0. The molecule has 0 aliphatic heterocycles. The van der Waals surface area contributed by atoms with Crippen LogP contribution in [0.2, 0.25) is 58.9 Å². The van der Waals surface area contributed by atoms with Crippen LogP contribution < -0.4 is 0 Å². The lowest BCUT2D eigenvalue weighted by Crippen LogP contribution is -2.55. The van der Waals surface area contributed by atoms with Gasteiger partial charge in [0, 0.05) is 18.1 Å². The minimum absolute atomic E-state index is 0.252. The normalized spacial score (nSPS) is 40.9. The Morgan fingerprint density at radius 2 is 1.47 bits per heavy atom. The predicted molar refractivity (Wildman–Crippen MR) is 152 cm³/mol. The first kappa shape index (κ1) is 27.3. The number of fused-ring (bicyclic) bond motifs is 5. The van der Waals surface area contributed by atoms with Gasteiger partial charge in [-0.1, -0.05) is 18.6 Å². The molecular formula is C28H54O3Si3. The molecule has 4 aliphatic carbocycles. The Morgan fingerprint density at radius 3 is 2.09 bits per heavy atom. The zero-order valence-corrected chi connectivity index (χ0v) is 27.1. The molecule has 3 fully saturated rings. The van der Waals surface area contributed by atoms with E-state index in [2.05, 4.69) is 71.9 Å². The van der Waals surface area contributed by atoms with Gasteiger partial charge in [-0.3, -0.25) is 0 Å². The lowest BCUT2D eigenvalue weighted by molar-refractivity contribution is -0.0827. The molecule has 4 aliphatic rings. The molecule has 3 saturated carbocycles. The Hall–Kier alpha value is 0.271. The van der Waals surface area contributed by atoms with E-state index in [4.69, 9.17) is 13.3 Å². The van der Waals surface area contributed by atoms with Crippen LogP contribution in [-0.4, -0.2) is 43.8 Å². The van der Waals surface area contributed by atoms with E-state index in [-0.39, 0.29) is 5.41 Å². The van der Waals surface area contributed by atoms with Crippen LogP contribution in [0.25, 0.3) is 0 Å². The summed E-state index contributed by atoms with van der Waals surface area (Å²) in [5.74, 6) is 2.39. The van der Waals surface area contributed by atoms with Crippen LogP contribution in [-0.2, 0) is 13.3 Å². The van der Waals surface area contributed by atoms with Crippen LogP contribution in [0, 0.1) is 28.6 Å². The lowest BCUT2D eigenvalue weighted by atomic mass is 9.47. The minimum Gasteiger partial charge on any atom is -0.417 e. The smallest absolute Gasteiger partial charge is 0.184 e. The fraction of sp³-hybridized carbons (Fsp3) is 0.929. The molecule has 0 aromatic rings. The third kappa shape index (κ3) is 5.57. The summed E-state index contributed by atoms with van der Waals surface area (Å²) in [6.07, 6.45) is 13.8. The molecule has 6 heteroatoms. The summed E-state index contributed by atoms with van der Waals surface area (Å²) in [4.78, 5) is 0. The lowest BCUT2D eigenvalue weighted by Gasteiger charge is -2.59. The molecule has 0 aromatic heterocycles. The quantitative estimate of drug-likeness (QED) is 0.249. The van der Waals surface area contributed by atoms with Crippen LogP contribution in [0.1, 0.15) is 58.3 Å². The predicted octanol–water partition coefficient (Wildman–Crippen LogP) is 8.22. The summed E-state index contributed by atoms with van der Waals surface area (Å²) in [5, 5.41) is 0. The number of hydrogen-bond acceptors (Lipinski definition) is 3. The standard InChI is InChI=1S/C28H54O3Si3/c1-27-17-16-25-23(24(27)13-14-26(27)31-34(8,9)10)12-11-21-19-22(30-33(5,6)7)15-18-28(21,25)20-29-32(2,3)4/h11,22-26H,12-20H2,1-10H3/t22-,23-,24-,25-,26-,27-,28+/m0/s1. The molecule has 0 amide bonds. The van der Waals surface area contributed by atoms with Crippen LogP contribution in [0.15, 0.2) is 11.6 Å². The second kappa shape index (κ2) is 9.23. The first-order chi connectivity index (χ1) is 15.5. The van der Waals surface area contributed by atoms with E-state index in [9.17, 15) is 0 Å². The average Bonchev–Trinajstić information content (AvgIpc) is 2.99. The molecular weight excluding hydrogens is 469 g/mol. The second-order valence-corrected chi connectivity index (χ2v) is 28.8. The van der Waals surface area contributed by atoms with Crippen molar-refractivity contribution in [2.75, 3.05) is 6.61 Å². The molecule has 0 heterocycles. The van der Waals surface area contributed by atoms with E-state index in [0.29, 0.717) is 17.6 Å². The SMILES string of the molecule is C[C@]12CC[C@H]3[C@@H](CC=C4C[C@@H](O[Si](C)(C)C)CC[C@@]43CO[Si](C)(C)C)[C@@H]1CC[C@@H]2O[Si](C)(C)C. The highest BCUT2D eigenvalue weighted by Gasteiger charge is 2.60. The van der Waals surface area contributed by atoms with Crippen molar-refractivity contribution in [1.29, 1.82) is 0 Å². The second-order valence-electron chi connectivity index (χ2n) is 15.3. The molecule has 0 bridgehead atoms. The Balaban J connectivity index is 1.61. The summed E-state index contributed by atoms with van der Waals surface area (Å²) < 4.78 is 20.3. The molecule has 3 nitrogen and oxygen atoms in total. The van der Waals surface area contributed by atoms with E-state index in [1.165, 1.54) is 44.9 Å². The number of rotatable bonds is 7. The zero-order valence-electron chi connectivity index (χ0n) is 24.1. The van der Waals surface area contributed by atoms with Crippen molar-refractivity contribution < 1.29 is 13.3 Å². The van der Waals surface area contributed by atoms with E-state index in [0.717, 1.165) is 30.8 Å². The Morgan fingerprint density at radius 1 is 0.794 bits per heavy atom. The van der Waals surface area contributed by atoms with Crippen molar-refractivity contribution in [3.05, 3.63) is 11.6 Å². The minimum atomic E-state index is -1.58. The maximum absolute atomic E-state index is 6.83. The van der Waals surface area contributed by atoms with Gasteiger partial charge in [-0.05, 0) is 133 Å². The van der Waals surface area contributed by atoms with E-state index >= 15 is 0 Å². The highest BCUT2D eigenvalue weighted by Crippen LogP contribution is 2.65. The van der Waals surface area contributed by atoms with Gasteiger partial charge in [0.15, 0.2) is 25.0 Å². The van der Waals surface area contributed by atoms with Crippen LogP contribution in [0.5, 0.6) is 0 Å². The monoisotopic (exact) mass is 522 g/mol. The van der Waals surface area contributed by atoms with Gasteiger partial charge in [-0.2, -0.15) is 0 Å². The van der Waals surface area contributed by atoms with Gasteiger partial charge in [-0.25, -0.2) is 0 Å². The molecule has 0 spiro atoms. The van der Waals surface area contributed by atoms with Crippen molar-refractivity contribution in [3.8, 4) is 0 Å². The van der Waals surface area contributed by atoms with Crippen molar-refractivity contribution in [2.45, 2.75) is 129 Å². The fourth-order valence-electron chi connectivity index (χ4n) is 8.21. The van der Waals surface area contributed by atoms with Gasteiger partial charge in [0.2, 0.25) is 0 Å². The summed E-state index contributed by atoms with van der Waals surface area (Å²) >= 11 is 0. The number of allylic oxidation sites excluding steroid dienone is 1. The summed E-state index contributed by atoms with van der Waals surface area (Å²) in [6.45, 7) is 24.8. The highest BCUT2D eigenvalue weighted by atomic mass is 28.4. The summed E-state index contributed by atoms with van der Waals surface area (Å²) in [7, 11) is -4.64. The molecule has 34 heavy (non-hydrogen) atoms. The van der Waals surface area contributed by atoms with Crippen LogP contribution in [0.3, 0.4) is 0 Å². The van der Waals surface area contributed by atoms with E-state index in [1.807, 2.05) is 0 Å². The van der Waals surface area contributed by atoms with Crippen molar-refractivity contribution in [1.82, 2.24) is 0 Å². The molecule has 7 atom stereocenters. The zero-order chi connectivity index (χ0) is 25.2. The third-order valence-corrected chi connectivity index (χ3v) is 12.5. The third-order valence-electron chi connectivity index (χ3n) is 9.47. The van der Waals surface area contributed by atoms with Crippen molar-refractivity contribution in [2.24, 2.45) is 28.6 Å². The molecule has 4 rings (SSSR count). The highest BCUT2D eigenvalue weighted by molar-refractivity contribution is 6.70. The fourth-order valence-corrected chi connectivity index (χ4v) is 11.3. The van der Waals surface area contributed by atoms with Crippen molar-refractivity contribution in [3.63, 3.8) is 0 Å². The average molecular weight is 523 g/mol. The maximum Gasteiger partial charge on any atom is 0.184 e. The molecule has 0 unspecified atom stereocenters.